The molecule has 2 N–H and O–H groups in total. The van der Waals surface area contributed by atoms with Crippen molar-refractivity contribution in [1.82, 2.24) is 4.98 Å². The smallest absolute Gasteiger partial charge is 0.225 e. The highest BCUT2D eigenvalue weighted by molar-refractivity contribution is 7.99. The van der Waals surface area contributed by atoms with Gasteiger partial charge in [0.2, 0.25) is 5.91 Å². The number of nitrogens with zero attached hydrogens (tertiary/aromatic N) is 2. The highest BCUT2D eigenvalue weighted by Crippen LogP contribution is 2.40. The van der Waals surface area contributed by atoms with Gasteiger partial charge in [-0.25, -0.2) is 4.98 Å². The Bertz CT molecular complexity index is 814. The first-order valence-corrected chi connectivity index (χ1v) is 9.03. The van der Waals surface area contributed by atoms with Gasteiger partial charge in [0.05, 0.1) is 11.5 Å². The molecule has 24 heavy (non-hydrogen) atoms. The molecule has 1 fully saturated rings. The van der Waals surface area contributed by atoms with Crippen molar-refractivity contribution in [2.24, 2.45) is 5.73 Å². The van der Waals surface area contributed by atoms with Crippen LogP contribution in [0.15, 0.2) is 41.4 Å². The van der Waals surface area contributed by atoms with E-state index in [-0.39, 0.29) is 0 Å². The number of hydrogen-bond donors (Lipinski definition) is 1. The maximum absolute atomic E-state index is 11.9. The fraction of sp³-hybridized carbons (Fsp3) is 0.278. The van der Waals surface area contributed by atoms with E-state index in [1.807, 2.05) is 18.2 Å². The second-order valence-electron chi connectivity index (χ2n) is 5.80. The Kier molecular flexibility index (Phi) is 5.08. The van der Waals surface area contributed by atoms with Crippen LogP contribution >= 0.6 is 23.4 Å². The number of primary amides is 1. The Balaban J connectivity index is 1.81. The topological polar surface area (TPSA) is 79.8 Å². The molecule has 4 nitrogen and oxygen atoms in total. The molecule has 1 aromatic heterocycles. The molecule has 1 unspecified atom stereocenters. The largest absolute Gasteiger partial charge is 0.369 e. The predicted octanol–water partition coefficient (Wildman–Crippen LogP) is 3.85. The van der Waals surface area contributed by atoms with E-state index in [0.717, 1.165) is 24.1 Å². The number of benzene rings is 1. The van der Waals surface area contributed by atoms with Crippen LogP contribution in [0.5, 0.6) is 0 Å². The van der Waals surface area contributed by atoms with Crippen molar-refractivity contribution in [2.75, 3.05) is 5.75 Å². The van der Waals surface area contributed by atoms with Crippen LogP contribution < -0.4 is 5.73 Å². The second kappa shape index (κ2) is 7.25. The van der Waals surface area contributed by atoms with E-state index in [0.29, 0.717) is 27.3 Å². The minimum atomic E-state index is -0.480. The predicted molar refractivity (Wildman–Crippen MR) is 95.0 cm³/mol. The monoisotopic (exact) mass is 357 g/mol. The Morgan fingerprint density at radius 2 is 2.21 bits per heavy atom. The summed E-state index contributed by atoms with van der Waals surface area (Å²) in [5.74, 6) is 0.0380. The van der Waals surface area contributed by atoms with Gasteiger partial charge < -0.3 is 5.73 Å². The lowest BCUT2D eigenvalue weighted by molar-refractivity contribution is -0.118. The van der Waals surface area contributed by atoms with Gasteiger partial charge >= 0.3 is 0 Å². The molecular formula is C18H16ClN3OS. The Morgan fingerprint density at radius 3 is 2.83 bits per heavy atom. The van der Waals surface area contributed by atoms with Crippen molar-refractivity contribution >= 4 is 29.3 Å². The summed E-state index contributed by atoms with van der Waals surface area (Å²) in [5.41, 5.74) is 7.89. The van der Waals surface area contributed by atoms with E-state index >= 15 is 0 Å². The van der Waals surface area contributed by atoms with Crippen molar-refractivity contribution in [3.63, 3.8) is 0 Å². The SMILES string of the molecule is N#Cc1ccc(C2CC2)nc1SCC(C(N)=O)c1cccc(Cl)c1. The molecule has 0 saturated heterocycles. The molecule has 1 amide bonds. The molecular weight excluding hydrogens is 342 g/mol. The first kappa shape index (κ1) is 16.8. The van der Waals surface area contributed by atoms with Crippen LogP contribution in [-0.4, -0.2) is 16.6 Å². The third-order valence-electron chi connectivity index (χ3n) is 3.98. The van der Waals surface area contributed by atoms with Crippen molar-refractivity contribution in [3.8, 4) is 6.07 Å². The Labute approximate surface area is 150 Å². The van der Waals surface area contributed by atoms with E-state index in [4.69, 9.17) is 17.3 Å². The Morgan fingerprint density at radius 1 is 1.42 bits per heavy atom. The van der Waals surface area contributed by atoms with Crippen LogP contribution in [-0.2, 0) is 4.79 Å². The third kappa shape index (κ3) is 3.89. The van der Waals surface area contributed by atoms with Gasteiger partial charge in [-0.2, -0.15) is 5.26 Å². The zero-order chi connectivity index (χ0) is 17.1. The first-order chi connectivity index (χ1) is 11.6. The van der Waals surface area contributed by atoms with Gasteiger partial charge in [0.25, 0.3) is 0 Å². The van der Waals surface area contributed by atoms with Crippen LogP contribution in [0, 0.1) is 11.3 Å². The average molecular weight is 358 g/mol. The Hall–Kier alpha value is -2.03. The number of halogens is 1. The number of hydrogen-bond acceptors (Lipinski definition) is 4. The average Bonchev–Trinajstić information content (AvgIpc) is 3.39. The molecule has 3 rings (SSSR count). The number of aromatic nitrogens is 1. The molecule has 0 bridgehead atoms. The van der Waals surface area contributed by atoms with E-state index in [1.54, 1.807) is 18.2 Å². The number of nitrogens with two attached hydrogens (primary N) is 1. The number of thioether (sulfide) groups is 1. The molecule has 1 atom stereocenters. The van der Waals surface area contributed by atoms with Gasteiger partial charge in [0.15, 0.2) is 0 Å². The highest BCUT2D eigenvalue weighted by atomic mass is 35.5. The summed E-state index contributed by atoms with van der Waals surface area (Å²) in [6.07, 6.45) is 2.30. The molecule has 6 heteroatoms. The zero-order valence-electron chi connectivity index (χ0n) is 12.9. The van der Waals surface area contributed by atoms with Crippen molar-refractivity contribution < 1.29 is 4.79 Å². The van der Waals surface area contributed by atoms with Crippen molar-refractivity contribution in [2.45, 2.75) is 29.7 Å². The maximum Gasteiger partial charge on any atom is 0.225 e. The van der Waals surface area contributed by atoms with E-state index in [1.165, 1.54) is 11.8 Å². The molecule has 122 valence electrons. The van der Waals surface area contributed by atoms with E-state index in [9.17, 15) is 10.1 Å². The van der Waals surface area contributed by atoms with Crippen molar-refractivity contribution in [1.29, 1.82) is 5.26 Å². The quantitative estimate of drug-likeness (QED) is 0.796. The second-order valence-corrected chi connectivity index (χ2v) is 7.24. The lowest BCUT2D eigenvalue weighted by atomic mass is 10.0. The highest BCUT2D eigenvalue weighted by Gasteiger charge is 2.26. The van der Waals surface area contributed by atoms with Gasteiger partial charge in [-0.05, 0) is 42.7 Å². The first-order valence-electron chi connectivity index (χ1n) is 7.67. The summed E-state index contributed by atoms with van der Waals surface area (Å²) in [6.45, 7) is 0. The van der Waals surface area contributed by atoms with E-state index < -0.39 is 11.8 Å². The van der Waals surface area contributed by atoms with Crippen LogP contribution in [0.25, 0.3) is 0 Å². The van der Waals surface area contributed by atoms with Crippen LogP contribution in [0.3, 0.4) is 0 Å². The van der Waals surface area contributed by atoms with Gasteiger partial charge in [0.1, 0.15) is 11.1 Å². The summed E-state index contributed by atoms with van der Waals surface area (Å²) >= 11 is 7.40. The summed E-state index contributed by atoms with van der Waals surface area (Å²) in [5, 5.41) is 10.5. The molecule has 1 aliphatic carbocycles. The number of pyridine rings is 1. The standard InChI is InChI=1S/C18H16ClN3OS/c19-14-3-1-2-12(8-14)15(17(21)23)10-24-18-13(9-20)6-7-16(22-18)11-4-5-11/h1-3,6-8,11,15H,4-5,10H2,(H2,21,23). The van der Waals surface area contributed by atoms with Gasteiger partial charge in [-0.1, -0.05) is 23.7 Å². The van der Waals surface area contributed by atoms with E-state index in [2.05, 4.69) is 11.1 Å². The third-order valence-corrected chi connectivity index (χ3v) is 5.30. The van der Waals surface area contributed by atoms with Crippen molar-refractivity contribution in [3.05, 3.63) is 58.2 Å². The normalized spacial score (nSPS) is 14.8. The molecule has 1 aromatic carbocycles. The molecule has 2 aromatic rings. The van der Waals surface area contributed by atoms with Crippen LogP contribution in [0.4, 0.5) is 0 Å². The van der Waals surface area contributed by atoms with Crippen LogP contribution in [0.2, 0.25) is 5.02 Å². The number of amides is 1. The van der Waals surface area contributed by atoms with Gasteiger partial charge in [0, 0.05) is 22.4 Å². The zero-order valence-corrected chi connectivity index (χ0v) is 14.5. The molecule has 0 aliphatic heterocycles. The lowest BCUT2D eigenvalue weighted by Crippen LogP contribution is -2.23. The molecule has 0 spiro atoms. The molecule has 1 saturated carbocycles. The molecule has 1 heterocycles. The number of rotatable bonds is 6. The van der Waals surface area contributed by atoms with Gasteiger partial charge in [-0.3, -0.25) is 4.79 Å². The van der Waals surface area contributed by atoms with Gasteiger partial charge in [-0.15, -0.1) is 11.8 Å². The fourth-order valence-electron chi connectivity index (χ4n) is 2.48. The lowest BCUT2D eigenvalue weighted by Gasteiger charge is -2.14. The number of nitriles is 1. The minimum Gasteiger partial charge on any atom is -0.369 e. The minimum absolute atomic E-state index is 0.415. The summed E-state index contributed by atoms with van der Waals surface area (Å²) in [7, 11) is 0. The summed E-state index contributed by atoms with van der Waals surface area (Å²) < 4.78 is 0. The van der Waals surface area contributed by atoms with Crippen LogP contribution in [0.1, 0.15) is 41.5 Å². The maximum atomic E-state index is 11.9. The molecule has 0 radical (unpaired) electrons. The summed E-state index contributed by atoms with van der Waals surface area (Å²) in [4.78, 5) is 16.5. The fourth-order valence-corrected chi connectivity index (χ4v) is 3.80. The molecule has 1 aliphatic rings. The number of carbonyl (C=O) groups excluding carboxylic acids is 1. The summed E-state index contributed by atoms with van der Waals surface area (Å²) in [6, 6.07) is 13.0. The number of carbonyl (C=O) groups is 1.